The molecule has 0 saturated heterocycles. The molecule has 0 aliphatic heterocycles. The first-order valence-corrected chi connectivity index (χ1v) is 8.80. The molecule has 0 bridgehead atoms. The predicted octanol–water partition coefficient (Wildman–Crippen LogP) is 3.20. The van der Waals surface area contributed by atoms with Crippen molar-refractivity contribution in [2.24, 2.45) is 0 Å². The lowest BCUT2D eigenvalue weighted by Gasteiger charge is -2.19. The standard InChI is InChI=1S/C18H34N2O3/c1-4-5-6-7-8-9-10-14-17(21)19-15-12-11-13-16(18(22)23)20(2)3/h9-10,16H,4-8,11-15H2,1-3H3,(H,19,21)(H,22,23)/b10-9+/t16-/m0/s1. The van der Waals surface area contributed by atoms with Crippen molar-refractivity contribution in [3.63, 3.8) is 0 Å². The SMILES string of the molecule is CCCCCC/C=C/CC(=O)NCCCC[C@@H](C(=O)O)N(C)C. The highest BCUT2D eigenvalue weighted by molar-refractivity contribution is 5.77. The molecule has 134 valence electrons. The maximum atomic E-state index is 11.6. The molecular weight excluding hydrogens is 292 g/mol. The van der Waals surface area contributed by atoms with E-state index in [2.05, 4.69) is 18.3 Å². The Bertz CT molecular complexity index is 354. The Kier molecular flexibility index (Phi) is 13.4. The minimum atomic E-state index is -0.789. The van der Waals surface area contributed by atoms with E-state index in [1.807, 2.05) is 6.08 Å². The number of carboxylic acid groups (broad SMARTS) is 1. The molecule has 1 atom stereocenters. The Hall–Kier alpha value is -1.36. The molecule has 0 aromatic carbocycles. The molecule has 0 rings (SSSR count). The first kappa shape index (κ1) is 21.6. The van der Waals surface area contributed by atoms with Crippen molar-refractivity contribution in [2.45, 2.75) is 70.8 Å². The van der Waals surface area contributed by atoms with Gasteiger partial charge in [0, 0.05) is 13.0 Å². The molecule has 2 N–H and O–H groups in total. The van der Waals surface area contributed by atoms with Crippen LogP contribution in [0.5, 0.6) is 0 Å². The molecule has 0 radical (unpaired) electrons. The van der Waals surface area contributed by atoms with Gasteiger partial charge in [-0.3, -0.25) is 14.5 Å². The highest BCUT2D eigenvalue weighted by Crippen LogP contribution is 2.06. The summed E-state index contributed by atoms with van der Waals surface area (Å²) in [5.41, 5.74) is 0. The number of allylic oxidation sites excluding steroid dienone is 1. The van der Waals surface area contributed by atoms with Gasteiger partial charge in [0.1, 0.15) is 6.04 Å². The third-order valence-corrected chi connectivity index (χ3v) is 3.83. The summed E-state index contributed by atoms with van der Waals surface area (Å²) in [6, 6.07) is -0.443. The molecule has 0 spiro atoms. The number of rotatable bonds is 14. The molecule has 5 nitrogen and oxygen atoms in total. The van der Waals surface area contributed by atoms with Crippen molar-refractivity contribution in [1.82, 2.24) is 10.2 Å². The fourth-order valence-corrected chi connectivity index (χ4v) is 2.36. The Morgan fingerprint density at radius 3 is 2.43 bits per heavy atom. The van der Waals surface area contributed by atoms with E-state index in [4.69, 9.17) is 5.11 Å². The van der Waals surface area contributed by atoms with E-state index in [0.29, 0.717) is 19.4 Å². The van der Waals surface area contributed by atoms with Gasteiger partial charge in [-0.15, -0.1) is 0 Å². The molecule has 0 unspecified atom stereocenters. The first-order chi connectivity index (χ1) is 11.0. The summed E-state index contributed by atoms with van der Waals surface area (Å²) in [6.07, 6.45) is 12.7. The zero-order chi connectivity index (χ0) is 17.5. The summed E-state index contributed by atoms with van der Waals surface area (Å²) in [4.78, 5) is 24.4. The lowest BCUT2D eigenvalue weighted by molar-refractivity contribution is -0.142. The van der Waals surface area contributed by atoms with Crippen molar-refractivity contribution >= 4 is 11.9 Å². The third-order valence-electron chi connectivity index (χ3n) is 3.83. The van der Waals surface area contributed by atoms with Gasteiger partial charge in [0.25, 0.3) is 0 Å². The van der Waals surface area contributed by atoms with Crippen LogP contribution in [0.3, 0.4) is 0 Å². The molecule has 0 aliphatic rings. The normalized spacial score (nSPS) is 12.7. The topological polar surface area (TPSA) is 69.6 Å². The monoisotopic (exact) mass is 326 g/mol. The fourth-order valence-electron chi connectivity index (χ4n) is 2.36. The number of hydrogen-bond acceptors (Lipinski definition) is 3. The number of hydrogen-bond donors (Lipinski definition) is 2. The van der Waals surface area contributed by atoms with Gasteiger partial charge in [-0.05, 0) is 46.2 Å². The lowest BCUT2D eigenvalue weighted by Crippen LogP contribution is -2.35. The number of nitrogens with zero attached hydrogens (tertiary/aromatic N) is 1. The third kappa shape index (κ3) is 12.8. The van der Waals surface area contributed by atoms with E-state index in [1.54, 1.807) is 19.0 Å². The van der Waals surface area contributed by atoms with Gasteiger partial charge in [0.05, 0.1) is 0 Å². The molecule has 0 aromatic rings. The van der Waals surface area contributed by atoms with Crippen LogP contribution in [0.1, 0.15) is 64.7 Å². The van der Waals surface area contributed by atoms with E-state index in [9.17, 15) is 9.59 Å². The Balaban J connectivity index is 3.60. The van der Waals surface area contributed by atoms with Crippen LogP contribution in [0.25, 0.3) is 0 Å². The number of nitrogens with one attached hydrogen (secondary N) is 1. The summed E-state index contributed by atoms with van der Waals surface area (Å²) < 4.78 is 0. The van der Waals surface area contributed by atoms with Crippen molar-refractivity contribution in [1.29, 1.82) is 0 Å². The molecule has 1 amide bonds. The number of amides is 1. The quantitative estimate of drug-likeness (QED) is 0.380. The van der Waals surface area contributed by atoms with Gasteiger partial charge in [-0.1, -0.05) is 38.3 Å². The molecule has 0 fully saturated rings. The molecule has 0 aromatic heterocycles. The summed E-state index contributed by atoms with van der Waals surface area (Å²) in [5, 5.41) is 11.9. The number of carbonyl (C=O) groups is 2. The van der Waals surface area contributed by atoms with Gasteiger partial charge in [-0.25, -0.2) is 0 Å². The van der Waals surface area contributed by atoms with Gasteiger partial charge in [0.2, 0.25) is 5.91 Å². The summed E-state index contributed by atoms with van der Waals surface area (Å²) in [5.74, 6) is -0.750. The van der Waals surface area contributed by atoms with Crippen molar-refractivity contribution in [2.75, 3.05) is 20.6 Å². The van der Waals surface area contributed by atoms with E-state index >= 15 is 0 Å². The van der Waals surface area contributed by atoms with Crippen LogP contribution in [0.2, 0.25) is 0 Å². The Morgan fingerprint density at radius 2 is 1.83 bits per heavy atom. The van der Waals surface area contributed by atoms with Crippen molar-refractivity contribution < 1.29 is 14.7 Å². The Morgan fingerprint density at radius 1 is 1.09 bits per heavy atom. The number of unbranched alkanes of at least 4 members (excludes halogenated alkanes) is 5. The highest BCUT2D eigenvalue weighted by atomic mass is 16.4. The predicted molar refractivity (Wildman–Crippen MR) is 94.5 cm³/mol. The smallest absolute Gasteiger partial charge is 0.320 e. The van der Waals surface area contributed by atoms with Crippen molar-refractivity contribution in [3.8, 4) is 0 Å². The first-order valence-electron chi connectivity index (χ1n) is 8.80. The Labute approximate surface area is 141 Å². The summed E-state index contributed by atoms with van der Waals surface area (Å²) in [6.45, 7) is 2.81. The average Bonchev–Trinajstić information content (AvgIpc) is 2.49. The van der Waals surface area contributed by atoms with Crippen LogP contribution >= 0.6 is 0 Å². The molecule has 0 saturated carbocycles. The van der Waals surface area contributed by atoms with Crippen LogP contribution in [0, 0.1) is 0 Å². The van der Waals surface area contributed by atoms with Gasteiger partial charge in [0.15, 0.2) is 0 Å². The second-order valence-corrected chi connectivity index (χ2v) is 6.19. The van der Waals surface area contributed by atoms with Crippen molar-refractivity contribution in [3.05, 3.63) is 12.2 Å². The largest absolute Gasteiger partial charge is 0.480 e. The minimum Gasteiger partial charge on any atom is -0.480 e. The molecule has 5 heteroatoms. The second-order valence-electron chi connectivity index (χ2n) is 6.19. The maximum Gasteiger partial charge on any atom is 0.320 e. The van der Waals surface area contributed by atoms with E-state index in [1.165, 1.54) is 25.7 Å². The molecular formula is C18H34N2O3. The summed E-state index contributed by atoms with van der Waals surface area (Å²) >= 11 is 0. The van der Waals surface area contributed by atoms with Gasteiger partial charge >= 0.3 is 5.97 Å². The van der Waals surface area contributed by atoms with E-state index < -0.39 is 12.0 Å². The fraction of sp³-hybridized carbons (Fsp3) is 0.778. The van der Waals surface area contributed by atoms with Crippen LogP contribution in [-0.4, -0.2) is 48.6 Å². The van der Waals surface area contributed by atoms with Crippen LogP contribution < -0.4 is 5.32 Å². The van der Waals surface area contributed by atoms with Crippen LogP contribution in [-0.2, 0) is 9.59 Å². The van der Waals surface area contributed by atoms with Crippen LogP contribution in [0.15, 0.2) is 12.2 Å². The maximum absolute atomic E-state index is 11.6. The van der Waals surface area contributed by atoms with Gasteiger partial charge in [-0.2, -0.15) is 0 Å². The number of aliphatic carboxylic acids is 1. The van der Waals surface area contributed by atoms with E-state index in [-0.39, 0.29) is 5.91 Å². The van der Waals surface area contributed by atoms with Gasteiger partial charge < -0.3 is 10.4 Å². The number of carbonyl (C=O) groups excluding carboxylic acids is 1. The summed E-state index contributed by atoms with van der Waals surface area (Å²) in [7, 11) is 3.55. The second kappa shape index (κ2) is 14.2. The lowest BCUT2D eigenvalue weighted by atomic mass is 10.1. The van der Waals surface area contributed by atoms with E-state index in [0.717, 1.165) is 19.3 Å². The highest BCUT2D eigenvalue weighted by Gasteiger charge is 2.18. The number of likely N-dealkylation sites (N-methyl/N-ethyl adjacent to an activating group) is 1. The zero-order valence-electron chi connectivity index (χ0n) is 15.0. The minimum absolute atomic E-state index is 0.0391. The number of carboxylic acids is 1. The molecule has 0 aliphatic carbocycles. The van der Waals surface area contributed by atoms with Crippen LogP contribution in [0.4, 0.5) is 0 Å². The molecule has 0 heterocycles. The molecule has 23 heavy (non-hydrogen) atoms. The average molecular weight is 326 g/mol. The zero-order valence-corrected chi connectivity index (χ0v) is 15.0.